The number of aromatic nitrogens is 2. The Balaban J connectivity index is 1.05. The number of para-hydroxylation sites is 2. The molecule has 1 aromatic heterocycles. The maximum Gasteiger partial charge on any atom is 0.137 e. The lowest BCUT2D eigenvalue weighted by Gasteiger charge is -2.37. The summed E-state index contributed by atoms with van der Waals surface area (Å²) in [6, 6.07) is 19.6. The molecule has 2 heterocycles. The molecule has 1 aliphatic carbocycles. The summed E-state index contributed by atoms with van der Waals surface area (Å²) in [4.78, 5) is 14.1. The monoisotopic (exact) mass is 415 g/mol. The van der Waals surface area contributed by atoms with Crippen molar-refractivity contribution in [2.45, 2.75) is 38.1 Å². The van der Waals surface area contributed by atoms with Crippen LogP contribution in [0.1, 0.15) is 32.1 Å². The molecule has 0 atom stereocenters. The van der Waals surface area contributed by atoms with E-state index < -0.39 is 0 Å². The Morgan fingerprint density at radius 3 is 2.35 bits per heavy atom. The Morgan fingerprint density at radius 1 is 0.806 bits per heavy atom. The first-order valence-electron chi connectivity index (χ1n) is 11.8. The molecule has 2 aliphatic rings. The summed E-state index contributed by atoms with van der Waals surface area (Å²) >= 11 is 0. The molecule has 31 heavy (non-hydrogen) atoms. The number of anilines is 2. The van der Waals surface area contributed by atoms with Gasteiger partial charge in [0.25, 0.3) is 0 Å². The van der Waals surface area contributed by atoms with Gasteiger partial charge in [0.15, 0.2) is 0 Å². The summed E-state index contributed by atoms with van der Waals surface area (Å²) in [6.45, 7) is 5.92. The third kappa shape index (κ3) is 4.99. The van der Waals surface area contributed by atoms with E-state index in [4.69, 9.17) is 0 Å². The number of nitrogens with one attached hydrogen (secondary N) is 1. The van der Waals surface area contributed by atoms with E-state index >= 15 is 0 Å². The summed E-state index contributed by atoms with van der Waals surface area (Å²) < 4.78 is 0. The van der Waals surface area contributed by atoms with Crippen molar-refractivity contribution in [3.63, 3.8) is 0 Å². The van der Waals surface area contributed by atoms with Crippen molar-refractivity contribution in [3.8, 4) is 0 Å². The van der Waals surface area contributed by atoms with E-state index in [1.54, 1.807) is 6.33 Å². The van der Waals surface area contributed by atoms with Crippen LogP contribution in [0.25, 0.3) is 10.9 Å². The molecule has 0 amide bonds. The summed E-state index contributed by atoms with van der Waals surface area (Å²) in [5.41, 5.74) is 2.38. The highest BCUT2D eigenvalue weighted by atomic mass is 15.3. The van der Waals surface area contributed by atoms with Crippen LogP contribution in [-0.4, -0.2) is 53.6 Å². The number of piperazine rings is 1. The molecular weight excluding hydrogens is 382 g/mol. The number of hydrogen-bond acceptors (Lipinski definition) is 5. The summed E-state index contributed by atoms with van der Waals surface area (Å²) in [5.74, 6) is 1.86. The third-order valence-electron chi connectivity index (χ3n) is 7.08. The molecule has 162 valence electrons. The van der Waals surface area contributed by atoms with E-state index in [1.807, 2.05) is 6.07 Å². The van der Waals surface area contributed by atoms with Gasteiger partial charge in [-0.25, -0.2) is 9.97 Å². The van der Waals surface area contributed by atoms with E-state index in [-0.39, 0.29) is 0 Å². The van der Waals surface area contributed by atoms with E-state index in [0.29, 0.717) is 6.04 Å². The normalized spacial score (nSPS) is 22.5. The first kappa shape index (κ1) is 20.3. The fourth-order valence-corrected chi connectivity index (χ4v) is 5.14. The number of hydrogen-bond donors (Lipinski definition) is 1. The molecule has 5 nitrogen and oxygen atoms in total. The first-order chi connectivity index (χ1) is 15.3. The zero-order valence-corrected chi connectivity index (χ0v) is 18.3. The van der Waals surface area contributed by atoms with E-state index in [0.717, 1.165) is 35.7 Å². The molecule has 0 unspecified atom stereocenters. The standard InChI is InChI=1S/C26H33N5/c1-2-6-23(7-3-1)31-18-16-30(17-19-31)15-14-21-10-12-22(13-11-21)29-26-24-8-4-5-9-25(24)27-20-28-26/h1-9,20-22H,10-19H2,(H,27,28,29). The number of benzene rings is 2. The van der Waals surface area contributed by atoms with Crippen molar-refractivity contribution < 1.29 is 0 Å². The Kier molecular flexibility index (Phi) is 6.30. The highest BCUT2D eigenvalue weighted by Crippen LogP contribution is 2.30. The summed E-state index contributed by atoms with van der Waals surface area (Å²) in [7, 11) is 0. The van der Waals surface area contributed by atoms with Crippen LogP contribution < -0.4 is 10.2 Å². The largest absolute Gasteiger partial charge is 0.369 e. The molecule has 0 radical (unpaired) electrons. The maximum absolute atomic E-state index is 4.51. The third-order valence-corrected chi connectivity index (χ3v) is 7.08. The van der Waals surface area contributed by atoms with Crippen molar-refractivity contribution in [1.29, 1.82) is 0 Å². The minimum absolute atomic E-state index is 0.531. The lowest BCUT2D eigenvalue weighted by atomic mass is 9.84. The van der Waals surface area contributed by atoms with Crippen LogP contribution >= 0.6 is 0 Å². The van der Waals surface area contributed by atoms with Gasteiger partial charge in [-0.3, -0.25) is 4.90 Å². The Morgan fingerprint density at radius 2 is 1.55 bits per heavy atom. The minimum Gasteiger partial charge on any atom is -0.369 e. The van der Waals surface area contributed by atoms with Gasteiger partial charge < -0.3 is 10.2 Å². The first-order valence-corrected chi connectivity index (χ1v) is 11.8. The zero-order chi connectivity index (χ0) is 20.9. The highest BCUT2D eigenvalue weighted by Gasteiger charge is 2.23. The van der Waals surface area contributed by atoms with E-state index in [1.165, 1.54) is 57.4 Å². The molecule has 2 aromatic carbocycles. The highest BCUT2D eigenvalue weighted by molar-refractivity contribution is 5.88. The second-order valence-electron chi connectivity index (χ2n) is 9.05. The van der Waals surface area contributed by atoms with Gasteiger partial charge in [0.05, 0.1) is 5.52 Å². The average molecular weight is 416 g/mol. The van der Waals surface area contributed by atoms with Crippen LogP contribution in [0.4, 0.5) is 11.5 Å². The fourth-order valence-electron chi connectivity index (χ4n) is 5.14. The van der Waals surface area contributed by atoms with Gasteiger partial charge in [-0.05, 0) is 68.8 Å². The van der Waals surface area contributed by atoms with Crippen LogP contribution in [0, 0.1) is 5.92 Å². The lowest BCUT2D eigenvalue weighted by molar-refractivity contribution is 0.218. The smallest absolute Gasteiger partial charge is 0.137 e. The van der Waals surface area contributed by atoms with Crippen molar-refractivity contribution in [1.82, 2.24) is 14.9 Å². The molecule has 5 rings (SSSR count). The molecule has 5 heteroatoms. The molecule has 3 aromatic rings. The van der Waals surface area contributed by atoms with Crippen LogP contribution in [-0.2, 0) is 0 Å². The maximum atomic E-state index is 4.51. The number of rotatable bonds is 6. The van der Waals surface area contributed by atoms with Gasteiger partial charge >= 0.3 is 0 Å². The van der Waals surface area contributed by atoms with E-state index in [9.17, 15) is 0 Å². The summed E-state index contributed by atoms with van der Waals surface area (Å²) in [5, 5.41) is 4.83. The topological polar surface area (TPSA) is 44.3 Å². The van der Waals surface area contributed by atoms with Gasteiger partial charge in [-0.2, -0.15) is 0 Å². The number of fused-ring (bicyclic) bond motifs is 1. The average Bonchev–Trinajstić information content (AvgIpc) is 2.85. The van der Waals surface area contributed by atoms with Gasteiger partial charge in [0.2, 0.25) is 0 Å². The zero-order valence-electron chi connectivity index (χ0n) is 18.3. The number of nitrogens with zero attached hydrogens (tertiary/aromatic N) is 4. The molecule has 0 spiro atoms. The minimum atomic E-state index is 0.531. The second kappa shape index (κ2) is 9.65. The molecule has 1 N–H and O–H groups in total. The molecule has 1 saturated carbocycles. The molecule has 1 aliphatic heterocycles. The van der Waals surface area contributed by atoms with Crippen molar-refractivity contribution in [3.05, 3.63) is 60.9 Å². The lowest BCUT2D eigenvalue weighted by Crippen LogP contribution is -2.47. The predicted octanol–water partition coefficient (Wildman–Crippen LogP) is 4.81. The van der Waals surface area contributed by atoms with Crippen LogP contribution in [0.2, 0.25) is 0 Å². The van der Waals surface area contributed by atoms with Crippen LogP contribution in [0.3, 0.4) is 0 Å². The van der Waals surface area contributed by atoms with Gasteiger partial charge in [-0.15, -0.1) is 0 Å². The van der Waals surface area contributed by atoms with Crippen LogP contribution in [0.15, 0.2) is 60.9 Å². The predicted molar refractivity (Wildman–Crippen MR) is 129 cm³/mol. The Bertz CT molecular complexity index is 954. The van der Waals surface area contributed by atoms with Crippen molar-refractivity contribution >= 4 is 22.4 Å². The van der Waals surface area contributed by atoms with Crippen LogP contribution in [0.5, 0.6) is 0 Å². The van der Waals surface area contributed by atoms with Crippen molar-refractivity contribution in [2.75, 3.05) is 42.9 Å². The quantitative estimate of drug-likeness (QED) is 0.626. The SMILES string of the molecule is c1ccc(N2CCN(CCC3CCC(Nc4ncnc5ccccc45)CC3)CC2)cc1. The van der Waals surface area contributed by atoms with Gasteiger partial charge in [0.1, 0.15) is 12.1 Å². The van der Waals surface area contributed by atoms with E-state index in [2.05, 4.69) is 73.6 Å². The second-order valence-corrected chi connectivity index (χ2v) is 9.05. The molecule has 0 bridgehead atoms. The molecular formula is C26H33N5. The van der Waals surface area contributed by atoms with Gasteiger partial charge in [-0.1, -0.05) is 30.3 Å². The Hall–Kier alpha value is -2.66. The van der Waals surface area contributed by atoms with Gasteiger partial charge in [0, 0.05) is 43.3 Å². The Labute approximate surface area is 185 Å². The van der Waals surface area contributed by atoms with Crippen molar-refractivity contribution in [2.24, 2.45) is 5.92 Å². The summed E-state index contributed by atoms with van der Waals surface area (Å²) in [6.07, 6.45) is 8.15. The molecule has 2 fully saturated rings. The fraction of sp³-hybridized carbons (Fsp3) is 0.462. The molecule has 1 saturated heterocycles.